The first kappa shape index (κ1) is 14.9. The van der Waals surface area contributed by atoms with Crippen molar-refractivity contribution in [1.29, 1.82) is 0 Å². The van der Waals surface area contributed by atoms with Gasteiger partial charge in [-0.2, -0.15) is 5.10 Å². The van der Waals surface area contributed by atoms with E-state index in [1.165, 1.54) is 18.3 Å². The van der Waals surface area contributed by atoms with E-state index in [0.29, 0.717) is 5.56 Å². The number of thioether (sulfide) groups is 1. The molecule has 0 bridgehead atoms. The lowest BCUT2D eigenvalue weighted by molar-refractivity contribution is -0.138. The smallest absolute Gasteiger partial charge is 0.305 e. The average Bonchev–Trinajstić information content (AvgIpc) is 2.72. The first-order valence-electron chi connectivity index (χ1n) is 5.78. The molecule has 0 saturated carbocycles. The molecule has 0 unspecified atom stereocenters. The summed E-state index contributed by atoms with van der Waals surface area (Å²) in [7, 11) is 0. The van der Waals surface area contributed by atoms with Gasteiger partial charge in [0.15, 0.2) is 5.17 Å². The Morgan fingerprint density at radius 1 is 1.43 bits per heavy atom. The number of amides is 1. The summed E-state index contributed by atoms with van der Waals surface area (Å²) >= 11 is 0.981. The number of carbonyl (C=O) groups excluding carboxylic acids is 1. The van der Waals surface area contributed by atoms with Gasteiger partial charge in [-0.15, -0.1) is 5.10 Å². The SMILES string of the molecule is O=C(O)C[C@@H]1S/C(=N\N=C\c2ccc(O)cc2O)NC1=O. The highest BCUT2D eigenvalue weighted by Crippen LogP contribution is 2.23. The standard InChI is InChI=1S/C12H11N3O5S/c16-7-2-1-6(8(17)3-7)5-13-15-12-14-11(20)9(21-12)4-10(18)19/h1-3,5,9,16-17H,4H2,(H,18,19)(H,14,15,20)/b13-5+/t9-/m0/s1. The summed E-state index contributed by atoms with van der Waals surface area (Å²) in [4.78, 5) is 22.0. The zero-order valence-corrected chi connectivity index (χ0v) is 11.4. The number of phenolic OH excluding ortho intramolecular Hbond substituents is 2. The molecule has 9 heteroatoms. The molecule has 110 valence electrons. The van der Waals surface area contributed by atoms with Crippen LogP contribution in [-0.4, -0.2) is 43.8 Å². The minimum atomic E-state index is -1.07. The Balaban J connectivity index is 2.03. The Bertz CT molecular complexity index is 644. The van der Waals surface area contributed by atoms with Crippen molar-refractivity contribution in [2.24, 2.45) is 10.2 Å². The Morgan fingerprint density at radius 3 is 2.86 bits per heavy atom. The molecule has 1 aromatic carbocycles. The molecular formula is C12H11N3O5S. The molecule has 21 heavy (non-hydrogen) atoms. The van der Waals surface area contributed by atoms with Crippen molar-refractivity contribution in [3.05, 3.63) is 23.8 Å². The molecule has 2 rings (SSSR count). The van der Waals surface area contributed by atoms with Crippen LogP contribution in [-0.2, 0) is 9.59 Å². The van der Waals surface area contributed by atoms with Crippen LogP contribution >= 0.6 is 11.8 Å². The van der Waals surface area contributed by atoms with Crippen molar-refractivity contribution < 1.29 is 24.9 Å². The van der Waals surface area contributed by atoms with E-state index in [9.17, 15) is 14.7 Å². The fourth-order valence-corrected chi connectivity index (χ4v) is 2.45. The summed E-state index contributed by atoms with van der Waals surface area (Å²) in [5, 5.41) is 36.6. The van der Waals surface area contributed by atoms with Crippen molar-refractivity contribution in [2.45, 2.75) is 11.7 Å². The van der Waals surface area contributed by atoms with Gasteiger partial charge in [-0.25, -0.2) is 0 Å². The molecule has 4 N–H and O–H groups in total. The topological polar surface area (TPSA) is 132 Å². The minimum Gasteiger partial charge on any atom is -0.508 e. The molecule has 0 radical (unpaired) electrons. The minimum absolute atomic E-state index is 0.0777. The monoisotopic (exact) mass is 309 g/mol. The maximum Gasteiger partial charge on any atom is 0.305 e. The molecule has 0 spiro atoms. The molecular weight excluding hydrogens is 298 g/mol. The molecule has 1 heterocycles. The van der Waals surface area contributed by atoms with Gasteiger partial charge in [0.05, 0.1) is 12.6 Å². The molecule has 1 saturated heterocycles. The van der Waals surface area contributed by atoms with E-state index < -0.39 is 17.1 Å². The van der Waals surface area contributed by atoms with E-state index in [4.69, 9.17) is 10.2 Å². The third-order valence-corrected chi connectivity index (χ3v) is 3.57. The van der Waals surface area contributed by atoms with Gasteiger partial charge in [0.2, 0.25) is 5.91 Å². The van der Waals surface area contributed by atoms with Crippen LogP contribution < -0.4 is 5.32 Å². The van der Waals surface area contributed by atoms with Gasteiger partial charge >= 0.3 is 5.97 Å². The third kappa shape index (κ3) is 3.96. The summed E-state index contributed by atoms with van der Waals surface area (Å²) in [6.07, 6.45) is 0.955. The average molecular weight is 309 g/mol. The van der Waals surface area contributed by atoms with Crippen molar-refractivity contribution in [1.82, 2.24) is 5.32 Å². The molecule has 8 nitrogen and oxygen atoms in total. The number of aliphatic carboxylic acids is 1. The van der Waals surface area contributed by atoms with Crippen molar-refractivity contribution in [2.75, 3.05) is 0 Å². The fourth-order valence-electron chi connectivity index (χ4n) is 1.53. The second kappa shape index (κ2) is 6.27. The third-order valence-electron chi connectivity index (χ3n) is 2.50. The number of nitrogens with zero attached hydrogens (tertiary/aromatic N) is 2. The molecule has 0 aromatic heterocycles. The number of carboxylic acids is 1. The van der Waals surface area contributed by atoms with Gasteiger partial charge in [-0.3, -0.25) is 9.59 Å². The summed E-state index contributed by atoms with van der Waals surface area (Å²) in [5.74, 6) is -1.73. The lowest BCUT2D eigenvalue weighted by Crippen LogP contribution is -2.26. The lowest BCUT2D eigenvalue weighted by Gasteiger charge is -1.98. The highest BCUT2D eigenvalue weighted by Gasteiger charge is 2.32. The molecule has 1 atom stereocenters. The maximum absolute atomic E-state index is 11.4. The predicted molar refractivity (Wildman–Crippen MR) is 76.6 cm³/mol. The van der Waals surface area contributed by atoms with Crippen LogP contribution in [0.4, 0.5) is 0 Å². The first-order valence-corrected chi connectivity index (χ1v) is 6.66. The van der Waals surface area contributed by atoms with E-state index in [2.05, 4.69) is 15.5 Å². The van der Waals surface area contributed by atoms with E-state index in [1.54, 1.807) is 0 Å². The first-order chi connectivity index (χ1) is 9.95. The molecule has 0 aliphatic carbocycles. The predicted octanol–water partition coefficient (Wildman–Crippen LogP) is 0.494. The Morgan fingerprint density at radius 2 is 2.19 bits per heavy atom. The van der Waals surface area contributed by atoms with Crippen LogP contribution in [0.25, 0.3) is 0 Å². The van der Waals surface area contributed by atoms with E-state index in [-0.39, 0.29) is 23.1 Å². The number of hydrogen-bond donors (Lipinski definition) is 4. The van der Waals surface area contributed by atoms with Crippen LogP contribution in [0.2, 0.25) is 0 Å². The van der Waals surface area contributed by atoms with Crippen LogP contribution in [0.5, 0.6) is 11.5 Å². The zero-order chi connectivity index (χ0) is 15.4. The fraction of sp³-hybridized carbons (Fsp3) is 0.167. The normalized spacial score (nSPS) is 20.1. The second-order valence-electron chi connectivity index (χ2n) is 4.09. The number of benzene rings is 1. The van der Waals surface area contributed by atoms with Crippen LogP contribution in [0.1, 0.15) is 12.0 Å². The van der Waals surface area contributed by atoms with E-state index in [0.717, 1.165) is 17.8 Å². The number of nitrogens with one attached hydrogen (secondary N) is 1. The van der Waals surface area contributed by atoms with Gasteiger partial charge in [0, 0.05) is 11.6 Å². The maximum atomic E-state index is 11.4. The Labute approximate surface area is 123 Å². The largest absolute Gasteiger partial charge is 0.508 e. The van der Waals surface area contributed by atoms with Gasteiger partial charge in [-0.1, -0.05) is 11.8 Å². The summed E-state index contributed by atoms with van der Waals surface area (Å²) in [6.45, 7) is 0. The van der Waals surface area contributed by atoms with Gasteiger partial charge in [0.25, 0.3) is 0 Å². The lowest BCUT2D eigenvalue weighted by atomic mass is 10.2. The van der Waals surface area contributed by atoms with E-state index >= 15 is 0 Å². The summed E-state index contributed by atoms with van der Waals surface area (Å²) < 4.78 is 0. The number of aromatic hydroxyl groups is 2. The van der Waals surface area contributed by atoms with Crippen molar-refractivity contribution in [3.63, 3.8) is 0 Å². The quantitative estimate of drug-likeness (QED) is 0.473. The number of phenols is 2. The summed E-state index contributed by atoms with van der Waals surface area (Å²) in [5.41, 5.74) is 0.341. The number of rotatable bonds is 4. The molecule has 1 aliphatic rings. The molecule has 1 aliphatic heterocycles. The Kier molecular flexibility index (Phi) is 4.43. The van der Waals surface area contributed by atoms with Gasteiger partial charge in [-0.05, 0) is 12.1 Å². The number of carbonyl (C=O) groups is 2. The Hall–Kier alpha value is -2.55. The summed E-state index contributed by atoms with van der Waals surface area (Å²) in [6, 6.07) is 3.98. The number of hydrogen-bond acceptors (Lipinski definition) is 7. The van der Waals surface area contributed by atoms with Crippen LogP contribution in [0.3, 0.4) is 0 Å². The molecule has 1 fully saturated rings. The molecule has 1 aromatic rings. The molecule has 1 amide bonds. The highest BCUT2D eigenvalue weighted by molar-refractivity contribution is 8.15. The van der Waals surface area contributed by atoms with Crippen molar-refractivity contribution >= 4 is 35.0 Å². The highest BCUT2D eigenvalue weighted by atomic mass is 32.2. The van der Waals surface area contributed by atoms with Crippen molar-refractivity contribution in [3.8, 4) is 11.5 Å². The van der Waals surface area contributed by atoms with Gasteiger partial charge in [0.1, 0.15) is 16.7 Å². The number of carboxylic acid groups (broad SMARTS) is 1. The van der Waals surface area contributed by atoms with Crippen LogP contribution in [0, 0.1) is 0 Å². The second-order valence-corrected chi connectivity index (χ2v) is 5.28. The van der Waals surface area contributed by atoms with Gasteiger partial charge < -0.3 is 20.6 Å². The van der Waals surface area contributed by atoms with E-state index in [1.807, 2.05) is 0 Å². The van der Waals surface area contributed by atoms with Crippen LogP contribution in [0.15, 0.2) is 28.4 Å². The number of amidine groups is 1. The zero-order valence-electron chi connectivity index (χ0n) is 10.6.